The molecule has 2 rings (SSSR count). The van der Waals surface area contributed by atoms with E-state index in [1.807, 2.05) is 13.1 Å². The summed E-state index contributed by atoms with van der Waals surface area (Å²) in [4.78, 5) is 0. The molecule has 0 aliphatic rings. The van der Waals surface area contributed by atoms with Crippen LogP contribution in [0.15, 0.2) is 42.5 Å². The molecule has 0 radical (unpaired) electrons. The molecule has 0 saturated carbocycles. The summed E-state index contributed by atoms with van der Waals surface area (Å²) in [5, 5.41) is 4.21. The van der Waals surface area contributed by atoms with Gasteiger partial charge in [0.2, 0.25) is 0 Å². The van der Waals surface area contributed by atoms with Crippen LogP contribution in [-0.2, 0) is 6.42 Å². The van der Waals surface area contributed by atoms with Gasteiger partial charge in [-0.15, -0.1) is 0 Å². The summed E-state index contributed by atoms with van der Waals surface area (Å²) >= 11 is 6.18. The van der Waals surface area contributed by atoms with Crippen LogP contribution in [-0.4, -0.2) is 7.05 Å². The summed E-state index contributed by atoms with van der Waals surface area (Å²) in [6, 6.07) is 15.1. The average molecular weight is 302 g/mol. The Morgan fingerprint density at radius 3 is 2.52 bits per heavy atom. The Kier molecular flexibility index (Phi) is 5.44. The lowest BCUT2D eigenvalue weighted by Gasteiger charge is -2.21. The molecule has 2 aromatic carbocycles. The quantitative estimate of drug-likeness (QED) is 0.804. The van der Waals surface area contributed by atoms with Crippen LogP contribution < -0.4 is 5.32 Å². The zero-order valence-electron chi connectivity index (χ0n) is 13.3. The monoisotopic (exact) mass is 301 g/mol. The van der Waals surface area contributed by atoms with Crippen molar-refractivity contribution in [3.8, 4) is 0 Å². The molecule has 0 bridgehead atoms. The molecule has 1 unspecified atom stereocenters. The van der Waals surface area contributed by atoms with E-state index in [4.69, 9.17) is 11.6 Å². The van der Waals surface area contributed by atoms with E-state index in [0.717, 1.165) is 11.4 Å². The van der Waals surface area contributed by atoms with Crippen LogP contribution in [0.5, 0.6) is 0 Å². The molecule has 1 atom stereocenters. The topological polar surface area (TPSA) is 12.0 Å². The zero-order valence-corrected chi connectivity index (χ0v) is 14.0. The van der Waals surface area contributed by atoms with E-state index in [1.54, 1.807) is 0 Å². The molecule has 0 heterocycles. The van der Waals surface area contributed by atoms with Crippen molar-refractivity contribution in [3.05, 3.63) is 69.7 Å². The Balaban J connectivity index is 2.39. The molecule has 0 amide bonds. The largest absolute Gasteiger partial charge is 0.309 e. The highest BCUT2D eigenvalue weighted by Crippen LogP contribution is 2.28. The fourth-order valence-electron chi connectivity index (χ4n) is 2.80. The van der Waals surface area contributed by atoms with Crippen LogP contribution in [0.2, 0.25) is 5.02 Å². The Morgan fingerprint density at radius 1 is 1.10 bits per heavy atom. The van der Waals surface area contributed by atoms with Crippen LogP contribution in [0.1, 0.15) is 42.1 Å². The molecule has 0 aromatic heterocycles. The highest BCUT2D eigenvalue weighted by atomic mass is 35.5. The lowest BCUT2D eigenvalue weighted by atomic mass is 9.92. The van der Waals surface area contributed by atoms with Crippen molar-refractivity contribution in [3.63, 3.8) is 0 Å². The standard InChI is InChI=1S/C19H24ClN/c1-13(2)10-15-6-5-7-16(11-15)19(21-4)18-12-17(20)9-8-14(18)3/h5-9,11-13,19,21H,10H2,1-4H3. The van der Waals surface area contributed by atoms with Crippen LogP contribution in [0.4, 0.5) is 0 Å². The predicted octanol–water partition coefficient (Wildman–Crippen LogP) is 5.16. The summed E-state index contributed by atoms with van der Waals surface area (Å²) in [5.74, 6) is 0.668. The molecule has 0 saturated heterocycles. The second-order valence-electron chi connectivity index (χ2n) is 6.07. The molecule has 0 fully saturated rings. The number of rotatable bonds is 5. The molecular weight excluding hydrogens is 278 g/mol. The van der Waals surface area contributed by atoms with Crippen LogP contribution in [0.3, 0.4) is 0 Å². The third-order valence-electron chi connectivity index (χ3n) is 3.77. The molecule has 1 N–H and O–H groups in total. The molecule has 21 heavy (non-hydrogen) atoms. The second-order valence-corrected chi connectivity index (χ2v) is 6.50. The summed E-state index contributed by atoms with van der Waals surface area (Å²) < 4.78 is 0. The average Bonchev–Trinajstić information content (AvgIpc) is 2.43. The van der Waals surface area contributed by atoms with Crippen molar-refractivity contribution in [2.24, 2.45) is 5.92 Å². The van der Waals surface area contributed by atoms with E-state index in [9.17, 15) is 0 Å². The summed E-state index contributed by atoms with van der Waals surface area (Å²) in [6.45, 7) is 6.64. The van der Waals surface area contributed by atoms with Gasteiger partial charge in [0.1, 0.15) is 0 Å². The molecular formula is C19H24ClN. The van der Waals surface area contributed by atoms with Gasteiger partial charge in [-0.05, 0) is 60.7 Å². The first-order valence-corrected chi connectivity index (χ1v) is 7.91. The molecule has 112 valence electrons. The predicted molar refractivity (Wildman–Crippen MR) is 92.1 cm³/mol. The van der Waals surface area contributed by atoms with Gasteiger partial charge in [-0.3, -0.25) is 0 Å². The SMILES string of the molecule is CNC(c1cccc(CC(C)C)c1)c1cc(Cl)ccc1C. The van der Waals surface area contributed by atoms with Crippen molar-refractivity contribution in [1.82, 2.24) is 5.32 Å². The zero-order chi connectivity index (χ0) is 15.4. The van der Waals surface area contributed by atoms with E-state index in [-0.39, 0.29) is 6.04 Å². The fraction of sp³-hybridized carbons (Fsp3) is 0.368. The van der Waals surface area contributed by atoms with Crippen LogP contribution >= 0.6 is 11.6 Å². The third-order valence-corrected chi connectivity index (χ3v) is 4.00. The number of hydrogen-bond donors (Lipinski definition) is 1. The van der Waals surface area contributed by atoms with Gasteiger partial charge in [0.25, 0.3) is 0 Å². The maximum Gasteiger partial charge on any atom is 0.0577 e. The minimum Gasteiger partial charge on any atom is -0.309 e. The number of nitrogens with one attached hydrogen (secondary N) is 1. The minimum atomic E-state index is 0.177. The van der Waals surface area contributed by atoms with E-state index in [1.165, 1.54) is 22.3 Å². The molecule has 0 aliphatic heterocycles. The molecule has 0 aliphatic carbocycles. The van der Waals surface area contributed by atoms with E-state index < -0.39 is 0 Å². The number of aryl methyl sites for hydroxylation is 1. The Bertz CT molecular complexity index is 604. The van der Waals surface area contributed by atoms with E-state index >= 15 is 0 Å². The number of benzene rings is 2. The van der Waals surface area contributed by atoms with Crippen LogP contribution in [0.25, 0.3) is 0 Å². The van der Waals surface area contributed by atoms with Crippen LogP contribution in [0, 0.1) is 12.8 Å². The fourth-order valence-corrected chi connectivity index (χ4v) is 2.98. The van der Waals surface area contributed by atoms with Crippen molar-refractivity contribution >= 4 is 11.6 Å². The maximum absolute atomic E-state index is 6.18. The first-order chi connectivity index (χ1) is 10.0. The Morgan fingerprint density at radius 2 is 1.86 bits per heavy atom. The first-order valence-electron chi connectivity index (χ1n) is 7.53. The summed E-state index contributed by atoms with van der Waals surface area (Å²) in [7, 11) is 2.00. The number of halogens is 1. The lowest BCUT2D eigenvalue weighted by molar-refractivity contribution is 0.642. The molecule has 2 heteroatoms. The first kappa shape index (κ1) is 16.1. The summed E-state index contributed by atoms with van der Waals surface area (Å²) in [6.07, 6.45) is 1.11. The van der Waals surface area contributed by atoms with Gasteiger partial charge in [-0.1, -0.05) is 55.8 Å². The highest BCUT2D eigenvalue weighted by molar-refractivity contribution is 6.30. The van der Waals surface area contributed by atoms with Gasteiger partial charge < -0.3 is 5.32 Å². The van der Waals surface area contributed by atoms with E-state index in [0.29, 0.717) is 5.92 Å². The minimum absolute atomic E-state index is 0.177. The van der Waals surface area contributed by atoms with Gasteiger partial charge in [0.15, 0.2) is 0 Å². The van der Waals surface area contributed by atoms with Crippen molar-refractivity contribution in [2.45, 2.75) is 33.2 Å². The Labute approximate surface area is 133 Å². The number of hydrogen-bond acceptors (Lipinski definition) is 1. The van der Waals surface area contributed by atoms with Gasteiger partial charge in [0, 0.05) is 5.02 Å². The highest BCUT2D eigenvalue weighted by Gasteiger charge is 2.15. The summed E-state index contributed by atoms with van der Waals surface area (Å²) in [5.41, 5.74) is 5.18. The smallest absolute Gasteiger partial charge is 0.0577 e. The molecule has 2 aromatic rings. The molecule has 0 spiro atoms. The van der Waals surface area contributed by atoms with Gasteiger partial charge in [-0.25, -0.2) is 0 Å². The Hall–Kier alpha value is -1.31. The molecule has 1 nitrogen and oxygen atoms in total. The normalized spacial score (nSPS) is 12.7. The van der Waals surface area contributed by atoms with Crippen molar-refractivity contribution < 1.29 is 0 Å². The van der Waals surface area contributed by atoms with Crippen molar-refractivity contribution in [2.75, 3.05) is 7.05 Å². The maximum atomic E-state index is 6.18. The third kappa shape index (κ3) is 4.09. The lowest BCUT2D eigenvalue weighted by Crippen LogP contribution is -2.19. The van der Waals surface area contributed by atoms with E-state index in [2.05, 4.69) is 62.5 Å². The second kappa shape index (κ2) is 7.11. The van der Waals surface area contributed by atoms with Gasteiger partial charge in [0.05, 0.1) is 6.04 Å². The van der Waals surface area contributed by atoms with Gasteiger partial charge >= 0.3 is 0 Å². The van der Waals surface area contributed by atoms with Crippen molar-refractivity contribution in [1.29, 1.82) is 0 Å². The van der Waals surface area contributed by atoms with Gasteiger partial charge in [-0.2, -0.15) is 0 Å².